The number of hydrogen-bond donors (Lipinski definition) is 3. The fraction of sp³-hybridized carbons (Fsp3) is 0.375. The molecule has 2 heterocycles. The smallest absolute Gasteiger partial charge is 0.322 e. The van der Waals surface area contributed by atoms with Crippen LogP contribution < -0.4 is 10.2 Å². The highest BCUT2D eigenvalue weighted by Crippen LogP contribution is 2.36. The molecule has 4 rings (SSSR count). The van der Waals surface area contributed by atoms with E-state index >= 15 is 0 Å². The molecule has 2 saturated heterocycles. The fourth-order valence-corrected chi connectivity index (χ4v) is 4.59. The summed E-state index contributed by atoms with van der Waals surface area (Å²) in [6.45, 7) is 3.11. The number of aliphatic hydroxyl groups excluding tert-OH is 1. The number of hydrogen-bond acceptors (Lipinski definition) is 4. The van der Waals surface area contributed by atoms with Crippen molar-refractivity contribution in [1.82, 2.24) is 10.2 Å². The molecule has 2 aliphatic heterocycles. The Labute approximate surface area is 186 Å². The summed E-state index contributed by atoms with van der Waals surface area (Å²) in [6.07, 6.45) is -0.759. The molecule has 3 N–H and O–H groups in total. The Morgan fingerprint density at radius 2 is 1.91 bits per heavy atom. The molecule has 0 saturated carbocycles. The molecule has 2 aromatic rings. The Balaban J connectivity index is 1.62. The largest absolute Gasteiger partial charge is 0.481 e. The van der Waals surface area contributed by atoms with Crippen LogP contribution in [0.1, 0.15) is 27.9 Å². The van der Waals surface area contributed by atoms with Crippen molar-refractivity contribution < 1.29 is 24.6 Å². The summed E-state index contributed by atoms with van der Waals surface area (Å²) in [7, 11) is 0. The number of aliphatic hydroxyl groups is 1. The lowest BCUT2D eigenvalue weighted by molar-refractivity contribution is -0.161. The van der Waals surface area contributed by atoms with E-state index in [-0.39, 0.29) is 37.9 Å². The molecular formula is C24H27N3O5. The number of nitrogens with zero attached hydrogens (tertiary/aromatic N) is 2. The number of amides is 3. The van der Waals surface area contributed by atoms with Gasteiger partial charge in [-0.3, -0.25) is 14.5 Å². The third kappa shape index (κ3) is 3.93. The second kappa shape index (κ2) is 8.63. The first-order chi connectivity index (χ1) is 15.3. The minimum atomic E-state index is -1.49. The summed E-state index contributed by atoms with van der Waals surface area (Å²) >= 11 is 0. The van der Waals surface area contributed by atoms with Crippen molar-refractivity contribution in [3.63, 3.8) is 0 Å². The molecule has 0 radical (unpaired) electrons. The molecule has 32 heavy (non-hydrogen) atoms. The summed E-state index contributed by atoms with van der Waals surface area (Å²) in [6, 6.07) is 14.1. The number of aryl methyl sites for hydroxylation is 1. The predicted octanol–water partition coefficient (Wildman–Crippen LogP) is 2.05. The van der Waals surface area contributed by atoms with Crippen LogP contribution in [0.25, 0.3) is 0 Å². The Bertz CT molecular complexity index is 1040. The van der Waals surface area contributed by atoms with Crippen LogP contribution >= 0.6 is 0 Å². The number of carboxylic acids is 1. The fourth-order valence-electron chi connectivity index (χ4n) is 4.59. The lowest BCUT2D eigenvalue weighted by Crippen LogP contribution is -2.58. The Morgan fingerprint density at radius 1 is 1.16 bits per heavy atom. The van der Waals surface area contributed by atoms with Crippen LogP contribution in [-0.4, -0.2) is 65.3 Å². The standard InChI is InChI=1S/C24H27N3O5/c1-16-7-8-18(13-19(16)27-12-10-25-23(27)32)21(29)26-11-9-20(28)24(15-26,22(30)31)14-17-5-3-2-4-6-17/h2-8,13,20,28H,9-12,14-15H2,1H3,(H,25,32)(H,30,31)/t20-,24-/m1/s1. The number of benzene rings is 2. The number of rotatable bonds is 5. The van der Waals surface area contributed by atoms with E-state index in [1.807, 2.05) is 37.3 Å². The number of nitrogens with one attached hydrogen (secondary N) is 1. The molecule has 3 amide bonds. The van der Waals surface area contributed by atoms with Crippen LogP contribution in [0.15, 0.2) is 48.5 Å². The van der Waals surface area contributed by atoms with E-state index in [0.717, 1.165) is 11.1 Å². The van der Waals surface area contributed by atoms with Crippen LogP contribution in [0.4, 0.5) is 10.5 Å². The van der Waals surface area contributed by atoms with Crippen molar-refractivity contribution >= 4 is 23.6 Å². The Kier molecular flexibility index (Phi) is 5.88. The van der Waals surface area contributed by atoms with Gasteiger partial charge in [0.25, 0.3) is 5.91 Å². The maximum atomic E-state index is 13.4. The van der Waals surface area contributed by atoms with E-state index in [2.05, 4.69) is 5.32 Å². The molecule has 0 aromatic heterocycles. The number of aliphatic carboxylic acids is 1. The second-order valence-electron chi connectivity index (χ2n) is 8.54. The zero-order valence-electron chi connectivity index (χ0n) is 18.0. The van der Waals surface area contributed by atoms with Gasteiger partial charge in [0.15, 0.2) is 0 Å². The van der Waals surface area contributed by atoms with E-state index < -0.39 is 17.5 Å². The molecule has 2 fully saturated rings. The van der Waals surface area contributed by atoms with Crippen molar-refractivity contribution in [3.8, 4) is 0 Å². The zero-order valence-corrected chi connectivity index (χ0v) is 18.0. The highest BCUT2D eigenvalue weighted by Gasteiger charge is 2.50. The van der Waals surface area contributed by atoms with Crippen molar-refractivity contribution in [2.75, 3.05) is 31.1 Å². The van der Waals surface area contributed by atoms with Gasteiger partial charge in [-0.05, 0) is 43.0 Å². The molecule has 0 spiro atoms. The lowest BCUT2D eigenvalue weighted by atomic mass is 9.72. The second-order valence-corrected chi connectivity index (χ2v) is 8.54. The minimum Gasteiger partial charge on any atom is -0.481 e. The number of likely N-dealkylation sites (tertiary alicyclic amines) is 1. The number of carboxylic acid groups (broad SMARTS) is 1. The number of anilines is 1. The van der Waals surface area contributed by atoms with Gasteiger partial charge in [0, 0.05) is 37.4 Å². The van der Waals surface area contributed by atoms with Crippen molar-refractivity contribution in [2.24, 2.45) is 5.41 Å². The van der Waals surface area contributed by atoms with Crippen molar-refractivity contribution in [1.29, 1.82) is 0 Å². The maximum absolute atomic E-state index is 13.4. The Hall–Kier alpha value is -3.39. The summed E-state index contributed by atoms with van der Waals surface area (Å²) in [5.74, 6) is -1.43. The molecule has 0 bridgehead atoms. The van der Waals surface area contributed by atoms with Gasteiger partial charge in [-0.25, -0.2) is 4.79 Å². The molecular weight excluding hydrogens is 410 g/mol. The van der Waals surface area contributed by atoms with Gasteiger partial charge in [0.1, 0.15) is 5.41 Å². The predicted molar refractivity (Wildman–Crippen MR) is 119 cm³/mol. The van der Waals surface area contributed by atoms with Gasteiger partial charge < -0.3 is 20.4 Å². The SMILES string of the molecule is Cc1ccc(C(=O)N2CC[C@@H](O)[C@](Cc3ccccc3)(C(=O)O)C2)cc1N1CCNC1=O. The summed E-state index contributed by atoms with van der Waals surface area (Å²) in [5, 5.41) is 23.6. The zero-order chi connectivity index (χ0) is 22.9. The van der Waals surface area contributed by atoms with E-state index in [9.17, 15) is 24.6 Å². The molecule has 8 heteroatoms. The lowest BCUT2D eigenvalue weighted by Gasteiger charge is -2.43. The van der Waals surface area contributed by atoms with E-state index in [4.69, 9.17) is 0 Å². The first kappa shape index (κ1) is 21.8. The van der Waals surface area contributed by atoms with Crippen molar-refractivity contribution in [3.05, 3.63) is 65.2 Å². The summed E-state index contributed by atoms with van der Waals surface area (Å²) in [4.78, 5) is 40.9. The average molecular weight is 437 g/mol. The van der Waals surface area contributed by atoms with Gasteiger partial charge in [-0.1, -0.05) is 36.4 Å². The highest BCUT2D eigenvalue weighted by atomic mass is 16.4. The van der Waals surface area contributed by atoms with Crippen LogP contribution in [0.3, 0.4) is 0 Å². The third-order valence-corrected chi connectivity index (χ3v) is 6.46. The van der Waals surface area contributed by atoms with E-state index in [0.29, 0.717) is 24.3 Å². The van der Waals surface area contributed by atoms with Crippen molar-refractivity contribution in [2.45, 2.75) is 25.9 Å². The van der Waals surface area contributed by atoms with Crippen LogP contribution in [0.2, 0.25) is 0 Å². The van der Waals surface area contributed by atoms with E-state index in [1.165, 1.54) is 4.90 Å². The van der Waals surface area contributed by atoms with Gasteiger partial charge in [0.2, 0.25) is 0 Å². The molecule has 168 valence electrons. The normalized spacial score (nSPS) is 23.2. The maximum Gasteiger partial charge on any atom is 0.322 e. The molecule has 0 unspecified atom stereocenters. The molecule has 0 aliphatic carbocycles. The monoisotopic (exact) mass is 437 g/mol. The molecule has 2 aliphatic rings. The molecule has 2 atom stereocenters. The summed E-state index contributed by atoms with van der Waals surface area (Å²) in [5.41, 5.74) is 1.23. The number of carbonyl (C=O) groups excluding carboxylic acids is 2. The number of urea groups is 1. The molecule has 8 nitrogen and oxygen atoms in total. The highest BCUT2D eigenvalue weighted by molar-refractivity contribution is 5.99. The third-order valence-electron chi connectivity index (χ3n) is 6.46. The topological polar surface area (TPSA) is 110 Å². The number of piperidine rings is 1. The van der Waals surface area contributed by atoms with Crippen LogP contribution in [0.5, 0.6) is 0 Å². The summed E-state index contributed by atoms with van der Waals surface area (Å²) < 4.78 is 0. The van der Waals surface area contributed by atoms with Crippen LogP contribution in [0, 0.1) is 12.3 Å². The minimum absolute atomic E-state index is 0.0926. The number of carbonyl (C=O) groups is 3. The Morgan fingerprint density at radius 3 is 2.56 bits per heavy atom. The first-order valence-corrected chi connectivity index (χ1v) is 10.7. The van der Waals surface area contributed by atoms with Gasteiger partial charge in [-0.15, -0.1) is 0 Å². The van der Waals surface area contributed by atoms with Gasteiger partial charge in [0.05, 0.1) is 6.10 Å². The van der Waals surface area contributed by atoms with Gasteiger partial charge >= 0.3 is 12.0 Å². The quantitative estimate of drug-likeness (QED) is 0.663. The van der Waals surface area contributed by atoms with Gasteiger partial charge in [-0.2, -0.15) is 0 Å². The first-order valence-electron chi connectivity index (χ1n) is 10.7. The van der Waals surface area contributed by atoms with E-state index in [1.54, 1.807) is 23.1 Å². The average Bonchev–Trinajstić information content (AvgIpc) is 3.21. The van der Waals surface area contributed by atoms with Crippen LogP contribution in [-0.2, 0) is 11.2 Å². The molecule has 2 aromatic carbocycles.